The van der Waals surface area contributed by atoms with E-state index in [0.29, 0.717) is 29.6 Å². The summed E-state index contributed by atoms with van der Waals surface area (Å²) in [6, 6.07) is 2.61. The molecule has 9 atom stereocenters. The zero-order valence-corrected chi connectivity index (χ0v) is 23.1. The first-order valence-corrected chi connectivity index (χ1v) is 13.9. The van der Waals surface area contributed by atoms with Crippen LogP contribution in [-0.2, 0) is 9.53 Å². The van der Waals surface area contributed by atoms with Crippen LogP contribution in [0.15, 0.2) is 23.4 Å². The Morgan fingerprint density at radius 3 is 2.29 bits per heavy atom. The second-order valence-electron chi connectivity index (χ2n) is 14.2. The molecule has 0 aromatic carbocycles. The molecule has 192 valence electrons. The number of ether oxygens (including phenoxy) is 1. The highest BCUT2D eigenvalue weighted by Crippen LogP contribution is 2.78. The fraction of sp³-hybridized carbons (Fsp3) is 0.806. The zero-order valence-electron chi connectivity index (χ0n) is 23.1. The Hall–Kier alpha value is -1.76. The molecule has 5 aliphatic carbocycles. The van der Waals surface area contributed by atoms with Crippen molar-refractivity contribution in [2.24, 2.45) is 62.4 Å². The molecule has 35 heavy (non-hydrogen) atoms. The SMILES string of the molecule is C=C(C)[C@@H]1CC[C@]2(C(=O)OC)CC[C@]3(C)[C@H](CC[C@@H]4[C@@]5(C)C(C#N)=C(N)C(C)(C)[C@@H]5CC[C@]43C)[C@@H]12. The van der Waals surface area contributed by atoms with E-state index in [9.17, 15) is 10.1 Å². The zero-order chi connectivity index (χ0) is 25.8. The van der Waals surface area contributed by atoms with Crippen LogP contribution in [0.1, 0.15) is 92.9 Å². The maximum absolute atomic E-state index is 13.4. The Balaban J connectivity index is 1.62. The molecule has 5 aliphatic rings. The molecule has 0 aromatic heterocycles. The number of nitrogens with zero attached hydrogens (tertiary/aromatic N) is 1. The Kier molecular flexibility index (Phi) is 5.26. The van der Waals surface area contributed by atoms with Gasteiger partial charge in [0.25, 0.3) is 0 Å². The van der Waals surface area contributed by atoms with E-state index in [1.54, 1.807) is 7.11 Å². The summed E-state index contributed by atoms with van der Waals surface area (Å²) in [5.74, 6) is 2.03. The van der Waals surface area contributed by atoms with Gasteiger partial charge < -0.3 is 10.5 Å². The van der Waals surface area contributed by atoms with Crippen molar-refractivity contribution in [3.8, 4) is 6.07 Å². The molecule has 0 radical (unpaired) electrons. The van der Waals surface area contributed by atoms with E-state index in [2.05, 4.69) is 54.2 Å². The summed E-state index contributed by atoms with van der Waals surface area (Å²) < 4.78 is 5.48. The largest absolute Gasteiger partial charge is 0.469 e. The predicted octanol–water partition coefficient (Wildman–Crippen LogP) is 6.77. The van der Waals surface area contributed by atoms with Crippen molar-refractivity contribution in [2.75, 3.05) is 7.11 Å². The molecule has 0 aromatic rings. The van der Waals surface area contributed by atoms with Gasteiger partial charge in [0.1, 0.15) is 0 Å². The summed E-state index contributed by atoms with van der Waals surface area (Å²) in [7, 11) is 1.57. The van der Waals surface area contributed by atoms with Gasteiger partial charge in [-0.15, -0.1) is 0 Å². The van der Waals surface area contributed by atoms with Gasteiger partial charge in [-0.05, 0) is 98.7 Å². The topological polar surface area (TPSA) is 76.1 Å². The summed E-state index contributed by atoms with van der Waals surface area (Å²) >= 11 is 0. The van der Waals surface area contributed by atoms with Crippen LogP contribution < -0.4 is 5.73 Å². The fourth-order valence-corrected chi connectivity index (χ4v) is 11.4. The minimum Gasteiger partial charge on any atom is -0.469 e. The van der Waals surface area contributed by atoms with Crippen LogP contribution in [0.2, 0.25) is 0 Å². The molecular weight excluding hydrogens is 432 g/mol. The van der Waals surface area contributed by atoms with Crippen molar-refractivity contribution >= 4 is 5.97 Å². The number of fused-ring (bicyclic) bond motifs is 7. The lowest BCUT2D eigenvalue weighted by molar-refractivity contribution is -0.218. The molecule has 0 bridgehead atoms. The minimum atomic E-state index is -0.357. The molecule has 0 spiro atoms. The van der Waals surface area contributed by atoms with Crippen LogP contribution in [0, 0.1) is 68.0 Å². The number of hydrogen-bond donors (Lipinski definition) is 1. The van der Waals surface area contributed by atoms with Gasteiger partial charge in [-0.25, -0.2) is 0 Å². The third kappa shape index (κ3) is 2.66. The van der Waals surface area contributed by atoms with Gasteiger partial charge in [0.2, 0.25) is 0 Å². The first kappa shape index (κ1) is 24.9. The number of allylic oxidation sites excluding steroid dienone is 3. The van der Waals surface area contributed by atoms with Crippen molar-refractivity contribution in [2.45, 2.75) is 92.9 Å². The number of nitrogens with two attached hydrogens (primary N) is 1. The van der Waals surface area contributed by atoms with Gasteiger partial charge in [0.05, 0.1) is 24.2 Å². The highest BCUT2D eigenvalue weighted by Gasteiger charge is 2.73. The lowest BCUT2D eigenvalue weighted by atomic mass is 9.34. The average Bonchev–Trinajstić information content (AvgIpc) is 3.26. The molecule has 4 nitrogen and oxygen atoms in total. The summed E-state index contributed by atoms with van der Waals surface area (Å²) in [5.41, 5.74) is 9.20. The van der Waals surface area contributed by atoms with Gasteiger partial charge >= 0.3 is 5.97 Å². The smallest absolute Gasteiger partial charge is 0.312 e. The summed E-state index contributed by atoms with van der Waals surface area (Å²) in [4.78, 5) is 13.4. The molecule has 0 amide bonds. The number of carbonyl (C=O) groups excluding carboxylic acids is 1. The lowest BCUT2D eigenvalue weighted by Crippen LogP contribution is -2.65. The van der Waals surface area contributed by atoms with Gasteiger partial charge in [0.15, 0.2) is 0 Å². The number of esters is 1. The fourth-order valence-electron chi connectivity index (χ4n) is 11.4. The van der Waals surface area contributed by atoms with Gasteiger partial charge in [0, 0.05) is 16.5 Å². The number of methoxy groups -OCH3 is 1. The normalized spacial score (nSPS) is 49.8. The van der Waals surface area contributed by atoms with E-state index in [4.69, 9.17) is 10.5 Å². The van der Waals surface area contributed by atoms with Crippen LogP contribution in [0.4, 0.5) is 0 Å². The molecule has 2 N–H and O–H groups in total. The van der Waals surface area contributed by atoms with E-state index < -0.39 is 0 Å². The van der Waals surface area contributed by atoms with Gasteiger partial charge in [-0.3, -0.25) is 4.79 Å². The second kappa shape index (κ2) is 7.39. The number of carbonyl (C=O) groups is 1. The molecule has 4 saturated carbocycles. The predicted molar refractivity (Wildman–Crippen MR) is 139 cm³/mol. The molecule has 0 unspecified atom stereocenters. The standard InChI is InChI=1S/C31H46N2O2/c1-18(2)19-11-14-31(26(34)35-8)16-15-28(5)20(24(19)31)9-10-23-29(28,6)13-12-22-27(3,4)25(33)21(17-32)30(22,23)7/h19-20,22-24H,1,9-16,33H2,2-8H3/t19-,20+,22-,23-,24+,28+,29+,30-,31-/m0/s1. The van der Waals surface area contributed by atoms with Crippen molar-refractivity contribution < 1.29 is 9.53 Å². The quantitative estimate of drug-likeness (QED) is 0.351. The third-order valence-corrected chi connectivity index (χ3v) is 13.3. The third-order valence-electron chi connectivity index (χ3n) is 13.3. The highest BCUT2D eigenvalue weighted by molar-refractivity contribution is 5.78. The maximum atomic E-state index is 13.4. The minimum absolute atomic E-state index is 0.0104. The summed E-state index contributed by atoms with van der Waals surface area (Å²) in [6.45, 7) is 18.5. The highest BCUT2D eigenvalue weighted by atomic mass is 16.5. The van der Waals surface area contributed by atoms with Gasteiger partial charge in [-0.1, -0.05) is 46.8 Å². The molecule has 0 heterocycles. The number of nitriles is 1. The molecule has 4 fully saturated rings. The van der Waals surface area contributed by atoms with Crippen molar-refractivity contribution in [3.05, 3.63) is 23.4 Å². The molecule has 0 saturated heterocycles. The van der Waals surface area contributed by atoms with Crippen LogP contribution in [0.3, 0.4) is 0 Å². The van der Waals surface area contributed by atoms with Crippen LogP contribution in [-0.4, -0.2) is 13.1 Å². The van der Waals surface area contributed by atoms with Crippen LogP contribution in [0.5, 0.6) is 0 Å². The molecule has 0 aliphatic heterocycles. The van der Waals surface area contributed by atoms with E-state index in [1.807, 2.05) is 0 Å². The first-order chi connectivity index (χ1) is 16.3. The van der Waals surface area contributed by atoms with Crippen LogP contribution >= 0.6 is 0 Å². The summed E-state index contributed by atoms with van der Waals surface area (Å²) in [5, 5.41) is 10.3. The lowest BCUT2D eigenvalue weighted by Gasteiger charge is -2.70. The Morgan fingerprint density at radius 1 is 1.00 bits per heavy atom. The molecular formula is C31H46N2O2. The number of rotatable bonds is 2. The van der Waals surface area contributed by atoms with Crippen LogP contribution in [0.25, 0.3) is 0 Å². The van der Waals surface area contributed by atoms with E-state index in [1.165, 1.54) is 12.0 Å². The molecule has 5 rings (SSSR count). The first-order valence-electron chi connectivity index (χ1n) is 13.9. The van der Waals surface area contributed by atoms with E-state index in [-0.39, 0.29) is 33.0 Å². The molecule has 4 heteroatoms. The maximum Gasteiger partial charge on any atom is 0.312 e. The van der Waals surface area contributed by atoms with Crippen molar-refractivity contribution in [3.63, 3.8) is 0 Å². The second-order valence-corrected chi connectivity index (χ2v) is 14.2. The Bertz CT molecular complexity index is 1050. The average molecular weight is 479 g/mol. The Morgan fingerprint density at radius 2 is 1.69 bits per heavy atom. The monoisotopic (exact) mass is 478 g/mol. The van der Waals surface area contributed by atoms with Gasteiger partial charge in [-0.2, -0.15) is 5.26 Å². The van der Waals surface area contributed by atoms with Crippen molar-refractivity contribution in [1.82, 2.24) is 0 Å². The summed E-state index contributed by atoms with van der Waals surface area (Å²) in [6.07, 6.45) is 8.47. The number of hydrogen-bond acceptors (Lipinski definition) is 4. The van der Waals surface area contributed by atoms with E-state index in [0.717, 1.165) is 56.2 Å². The van der Waals surface area contributed by atoms with Crippen molar-refractivity contribution in [1.29, 1.82) is 5.26 Å². The van der Waals surface area contributed by atoms with E-state index >= 15 is 0 Å². The Labute approximate surface area is 212 Å².